The smallest absolute Gasteiger partial charge is 0.338 e. The normalized spacial score (nSPS) is 18.7. The number of aromatic carboxylic acids is 1. The van der Waals surface area contributed by atoms with Crippen LogP contribution in [0.2, 0.25) is 0 Å². The predicted molar refractivity (Wildman–Crippen MR) is 101 cm³/mol. The van der Waals surface area contributed by atoms with E-state index in [-0.39, 0.29) is 5.56 Å². The zero-order valence-electron chi connectivity index (χ0n) is 15.4. The minimum Gasteiger partial charge on any atom is -0.493 e. The number of benzene rings is 2. The zero-order chi connectivity index (χ0) is 19.0. The first kappa shape index (κ1) is 18.0. The molecule has 4 rings (SSSR count). The van der Waals surface area contributed by atoms with Crippen molar-refractivity contribution >= 4 is 5.97 Å². The number of carbonyl (C=O) groups is 1. The number of ether oxygens (including phenoxy) is 1. The average Bonchev–Trinajstić information content (AvgIpc) is 3.45. The third kappa shape index (κ3) is 3.83. The monoisotopic (exact) mass is 369 g/mol. The molecule has 27 heavy (non-hydrogen) atoms. The SMILES string of the molecule is C[C@@H](c1ccccc1)N1CC(COc2cc(F)c(C(=O)O)cc2C2CC2)C1. The van der Waals surface area contributed by atoms with Gasteiger partial charge in [0.1, 0.15) is 11.6 Å². The second-order valence-electron chi connectivity index (χ2n) is 7.67. The van der Waals surface area contributed by atoms with Crippen molar-refractivity contribution in [3.8, 4) is 5.75 Å². The molecule has 1 aliphatic heterocycles. The highest BCUT2D eigenvalue weighted by atomic mass is 19.1. The Kier molecular flexibility index (Phi) is 4.87. The molecule has 1 saturated heterocycles. The summed E-state index contributed by atoms with van der Waals surface area (Å²) >= 11 is 0. The molecule has 0 aromatic heterocycles. The van der Waals surface area contributed by atoms with Crippen molar-refractivity contribution in [2.24, 2.45) is 5.92 Å². The van der Waals surface area contributed by atoms with Gasteiger partial charge in [-0.05, 0) is 42.9 Å². The van der Waals surface area contributed by atoms with Gasteiger partial charge in [0, 0.05) is 31.1 Å². The quantitative estimate of drug-likeness (QED) is 0.782. The van der Waals surface area contributed by atoms with Crippen LogP contribution in [0.3, 0.4) is 0 Å². The van der Waals surface area contributed by atoms with Gasteiger partial charge in [0.05, 0.1) is 12.2 Å². The molecule has 0 radical (unpaired) electrons. The summed E-state index contributed by atoms with van der Waals surface area (Å²) < 4.78 is 20.0. The van der Waals surface area contributed by atoms with Crippen molar-refractivity contribution in [1.82, 2.24) is 4.90 Å². The number of hydrogen-bond acceptors (Lipinski definition) is 3. The minimum atomic E-state index is -1.23. The molecule has 1 N–H and O–H groups in total. The van der Waals surface area contributed by atoms with Crippen LogP contribution in [0.5, 0.6) is 5.75 Å². The Morgan fingerprint density at radius 1 is 1.26 bits per heavy atom. The van der Waals surface area contributed by atoms with E-state index in [1.165, 1.54) is 17.7 Å². The second-order valence-corrected chi connectivity index (χ2v) is 7.67. The summed E-state index contributed by atoms with van der Waals surface area (Å²) in [6, 6.07) is 13.5. The van der Waals surface area contributed by atoms with Gasteiger partial charge >= 0.3 is 5.97 Å². The lowest BCUT2D eigenvalue weighted by Gasteiger charge is -2.43. The van der Waals surface area contributed by atoms with E-state index in [0.717, 1.165) is 31.5 Å². The van der Waals surface area contributed by atoms with E-state index in [1.54, 1.807) is 0 Å². The molecular formula is C22H24FNO3. The number of halogens is 1. The molecule has 1 heterocycles. The van der Waals surface area contributed by atoms with Crippen LogP contribution >= 0.6 is 0 Å². The maximum atomic E-state index is 14.1. The summed E-state index contributed by atoms with van der Waals surface area (Å²) in [5.41, 5.74) is 1.87. The fraction of sp³-hybridized carbons (Fsp3) is 0.409. The Hall–Kier alpha value is -2.40. The lowest BCUT2D eigenvalue weighted by molar-refractivity contribution is 0.0307. The average molecular weight is 369 g/mol. The molecule has 142 valence electrons. The lowest BCUT2D eigenvalue weighted by atomic mass is 9.96. The molecule has 1 saturated carbocycles. The van der Waals surface area contributed by atoms with Crippen molar-refractivity contribution in [2.75, 3.05) is 19.7 Å². The van der Waals surface area contributed by atoms with Crippen LogP contribution in [0.25, 0.3) is 0 Å². The summed E-state index contributed by atoms with van der Waals surface area (Å²) in [7, 11) is 0. The highest BCUT2D eigenvalue weighted by Crippen LogP contribution is 2.45. The largest absolute Gasteiger partial charge is 0.493 e. The first-order valence-corrected chi connectivity index (χ1v) is 9.51. The standard InChI is InChI=1S/C22H24FNO3/c1-14(16-5-3-2-4-6-16)24-11-15(12-24)13-27-21-10-20(23)19(22(25)26)9-18(21)17-7-8-17/h2-6,9-10,14-15,17H,7-8,11-13H2,1H3,(H,25,26)/t14-/m0/s1. The van der Waals surface area contributed by atoms with E-state index in [4.69, 9.17) is 9.84 Å². The van der Waals surface area contributed by atoms with Gasteiger partial charge in [-0.3, -0.25) is 4.90 Å². The van der Waals surface area contributed by atoms with Crippen molar-refractivity contribution in [3.05, 3.63) is 65.0 Å². The number of carboxylic acid groups (broad SMARTS) is 1. The van der Waals surface area contributed by atoms with E-state index < -0.39 is 11.8 Å². The summed E-state index contributed by atoms with van der Waals surface area (Å²) in [6.45, 7) is 4.64. The number of rotatable bonds is 7. The predicted octanol–water partition coefficient (Wildman–Crippen LogP) is 4.47. The molecule has 5 heteroatoms. The summed E-state index contributed by atoms with van der Waals surface area (Å²) in [5.74, 6) is -0.741. The van der Waals surface area contributed by atoms with Gasteiger partial charge in [-0.2, -0.15) is 0 Å². The molecule has 0 amide bonds. The van der Waals surface area contributed by atoms with Gasteiger partial charge in [0.15, 0.2) is 0 Å². The van der Waals surface area contributed by atoms with E-state index >= 15 is 0 Å². The third-order valence-electron chi connectivity index (χ3n) is 5.64. The molecule has 1 atom stereocenters. The number of likely N-dealkylation sites (tertiary alicyclic amines) is 1. The Labute approximate surface area is 158 Å². The Morgan fingerprint density at radius 2 is 1.96 bits per heavy atom. The summed E-state index contributed by atoms with van der Waals surface area (Å²) in [5, 5.41) is 9.14. The van der Waals surface area contributed by atoms with Crippen LogP contribution < -0.4 is 4.74 Å². The van der Waals surface area contributed by atoms with Crippen molar-refractivity contribution in [1.29, 1.82) is 0 Å². The Bertz CT molecular complexity index is 829. The third-order valence-corrected chi connectivity index (χ3v) is 5.64. The van der Waals surface area contributed by atoms with E-state index in [1.807, 2.05) is 6.07 Å². The van der Waals surface area contributed by atoms with Gasteiger partial charge in [0.25, 0.3) is 0 Å². The highest BCUT2D eigenvalue weighted by Gasteiger charge is 2.33. The van der Waals surface area contributed by atoms with Gasteiger partial charge in [-0.15, -0.1) is 0 Å². The molecule has 4 nitrogen and oxygen atoms in total. The van der Waals surface area contributed by atoms with E-state index in [0.29, 0.717) is 30.2 Å². The van der Waals surface area contributed by atoms with E-state index in [2.05, 4.69) is 36.1 Å². The Morgan fingerprint density at radius 3 is 2.59 bits per heavy atom. The molecular weight excluding hydrogens is 345 g/mol. The van der Waals surface area contributed by atoms with Gasteiger partial charge in [0.2, 0.25) is 0 Å². The van der Waals surface area contributed by atoms with Gasteiger partial charge in [-0.25, -0.2) is 9.18 Å². The first-order chi connectivity index (χ1) is 13.0. The van der Waals surface area contributed by atoms with Crippen LogP contribution in [0.4, 0.5) is 4.39 Å². The van der Waals surface area contributed by atoms with Crippen LogP contribution in [0.1, 0.15) is 53.2 Å². The van der Waals surface area contributed by atoms with Crippen molar-refractivity contribution in [2.45, 2.75) is 31.7 Å². The van der Waals surface area contributed by atoms with Crippen molar-refractivity contribution < 1.29 is 19.0 Å². The topological polar surface area (TPSA) is 49.8 Å². The number of nitrogens with zero attached hydrogens (tertiary/aromatic N) is 1. The first-order valence-electron chi connectivity index (χ1n) is 9.51. The fourth-order valence-electron chi connectivity index (χ4n) is 3.76. The number of hydrogen-bond donors (Lipinski definition) is 1. The van der Waals surface area contributed by atoms with Crippen LogP contribution in [-0.2, 0) is 0 Å². The van der Waals surface area contributed by atoms with Crippen LogP contribution in [0.15, 0.2) is 42.5 Å². The highest BCUT2D eigenvalue weighted by molar-refractivity contribution is 5.88. The van der Waals surface area contributed by atoms with E-state index in [9.17, 15) is 9.18 Å². The summed E-state index contributed by atoms with van der Waals surface area (Å²) in [4.78, 5) is 13.6. The summed E-state index contributed by atoms with van der Waals surface area (Å²) in [6.07, 6.45) is 2.01. The maximum absolute atomic E-state index is 14.1. The zero-order valence-corrected chi connectivity index (χ0v) is 15.4. The molecule has 2 aromatic carbocycles. The molecule has 2 aliphatic rings. The second kappa shape index (κ2) is 7.31. The Balaban J connectivity index is 1.36. The maximum Gasteiger partial charge on any atom is 0.338 e. The van der Waals surface area contributed by atoms with Gasteiger partial charge < -0.3 is 9.84 Å². The molecule has 1 aliphatic carbocycles. The van der Waals surface area contributed by atoms with Gasteiger partial charge in [-0.1, -0.05) is 30.3 Å². The fourth-order valence-corrected chi connectivity index (χ4v) is 3.76. The van der Waals surface area contributed by atoms with Crippen LogP contribution in [0, 0.1) is 11.7 Å². The molecule has 2 fully saturated rings. The molecule has 0 unspecified atom stereocenters. The molecule has 0 spiro atoms. The minimum absolute atomic E-state index is 0.268. The lowest BCUT2D eigenvalue weighted by Crippen LogP contribution is -2.50. The van der Waals surface area contributed by atoms with Crippen LogP contribution in [-0.4, -0.2) is 35.7 Å². The number of carboxylic acids is 1. The molecule has 0 bridgehead atoms. The molecule has 2 aromatic rings. The van der Waals surface area contributed by atoms with Crippen molar-refractivity contribution in [3.63, 3.8) is 0 Å².